The lowest BCUT2D eigenvalue weighted by Crippen LogP contribution is -2.10. The fourth-order valence-corrected chi connectivity index (χ4v) is 2.61. The van der Waals surface area contributed by atoms with Crippen LogP contribution in [0.15, 0.2) is 24.0 Å². The van der Waals surface area contributed by atoms with Crippen LogP contribution in [0.4, 0.5) is 13.2 Å². The van der Waals surface area contributed by atoms with E-state index in [0.717, 1.165) is 21.6 Å². The first-order valence-electron chi connectivity index (χ1n) is 5.96. The van der Waals surface area contributed by atoms with Crippen LogP contribution in [0.3, 0.4) is 0 Å². The van der Waals surface area contributed by atoms with Crippen LogP contribution in [0.1, 0.15) is 31.3 Å². The predicted octanol–water partition coefficient (Wildman–Crippen LogP) is 5.06. The summed E-state index contributed by atoms with van der Waals surface area (Å²) in [5.74, 6) is -1.63. The molecule has 0 unspecified atom stereocenters. The second-order valence-electron chi connectivity index (χ2n) is 5.51. The molecule has 0 fully saturated rings. The molecule has 2 nitrogen and oxygen atoms in total. The van der Waals surface area contributed by atoms with Crippen molar-refractivity contribution in [1.82, 2.24) is 4.98 Å². The van der Waals surface area contributed by atoms with Crippen molar-refractivity contribution < 1.29 is 18.3 Å². The van der Waals surface area contributed by atoms with Crippen LogP contribution in [0.25, 0.3) is 16.3 Å². The number of hydrogen-bond donors (Lipinski definition) is 1. The molecule has 0 aliphatic heterocycles. The Morgan fingerprint density at radius 1 is 1.25 bits per heavy atom. The molecule has 0 amide bonds. The third-order valence-corrected chi connectivity index (χ3v) is 3.79. The lowest BCUT2D eigenvalue weighted by molar-refractivity contribution is -0.119. The highest BCUT2D eigenvalue weighted by Gasteiger charge is 2.34. The molecule has 0 saturated carbocycles. The summed E-state index contributed by atoms with van der Waals surface area (Å²) in [4.78, 5) is 4.07. The molecule has 1 heterocycles. The van der Waals surface area contributed by atoms with E-state index in [1.807, 2.05) is 12.1 Å². The summed E-state index contributed by atoms with van der Waals surface area (Å²) in [5, 5.41) is 9.09. The van der Waals surface area contributed by atoms with Crippen molar-refractivity contribution in [3.05, 3.63) is 34.5 Å². The largest absolute Gasteiger partial charge is 0.504 e. The molecule has 2 aromatic rings. The second-order valence-corrected chi connectivity index (χ2v) is 6.57. The Morgan fingerprint density at radius 2 is 1.90 bits per heavy atom. The molecule has 1 N–H and O–H groups in total. The Morgan fingerprint density at radius 3 is 2.45 bits per heavy atom. The van der Waals surface area contributed by atoms with Crippen molar-refractivity contribution in [2.45, 2.75) is 32.4 Å². The zero-order valence-corrected chi connectivity index (χ0v) is 12.1. The van der Waals surface area contributed by atoms with E-state index in [1.165, 1.54) is 0 Å². The van der Waals surface area contributed by atoms with E-state index in [2.05, 4.69) is 25.8 Å². The van der Waals surface area contributed by atoms with Gasteiger partial charge in [0, 0.05) is 6.08 Å². The molecule has 1 aromatic carbocycles. The summed E-state index contributed by atoms with van der Waals surface area (Å²) >= 11 is 1.12. The van der Waals surface area contributed by atoms with Gasteiger partial charge in [0.1, 0.15) is 5.01 Å². The van der Waals surface area contributed by atoms with Crippen molar-refractivity contribution in [2.24, 2.45) is 0 Å². The molecule has 1 aromatic heterocycles. The van der Waals surface area contributed by atoms with Crippen LogP contribution in [-0.4, -0.2) is 16.3 Å². The van der Waals surface area contributed by atoms with E-state index < -0.39 is 11.9 Å². The van der Waals surface area contributed by atoms with E-state index >= 15 is 0 Å². The Kier molecular flexibility index (Phi) is 3.54. The van der Waals surface area contributed by atoms with Gasteiger partial charge in [0.15, 0.2) is 0 Å². The fourth-order valence-electron chi connectivity index (χ4n) is 1.67. The monoisotopic (exact) mass is 301 g/mol. The van der Waals surface area contributed by atoms with Gasteiger partial charge in [0.05, 0.1) is 10.2 Å². The number of allylic oxidation sites excluding steroid dienone is 1. The smallest absolute Gasteiger partial charge is 0.448 e. The van der Waals surface area contributed by atoms with Gasteiger partial charge < -0.3 is 5.11 Å². The highest BCUT2D eigenvalue weighted by atomic mass is 32.1. The lowest BCUT2D eigenvalue weighted by Gasteiger charge is -2.18. The number of aromatic nitrogens is 1. The molecule has 0 aliphatic rings. The fraction of sp³-hybridized carbons (Fsp3) is 0.357. The molecule has 20 heavy (non-hydrogen) atoms. The van der Waals surface area contributed by atoms with Gasteiger partial charge in [0.25, 0.3) is 0 Å². The summed E-state index contributed by atoms with van der Waals surface area (Å²) < 4.78 is 37.6. The molecular formula is C14H14F3NOS. The maximum absolute atomic E-state index is 12.3. The number of thiazole rings is 1. The minimum absolute atomic E-state index is 0.0394. The summed E-state index contributed by atoms with van der Waals surface area (Å²) in [6.45, 7) is 6.18. The zero-order chi connectivity index (χ0) is 15.1. The number of nitrogens with zero attached hydrogens (tertiary/aromatic N) is 1. The number of aliphatic hydroxyl groups is 1. The zero-order valence-electron chi connectivity index (χ0n) is 11.2. The van der Waals surface area contributed by atoms with Crippen LogP contribution < -0.4 is 0 Å². The highest BCUT2D eigenvalue weighted by Crippen LogP contribution is 2.31. The number of benzene rings is 1. The van der Waals surface area contributed by atoms with Crippen LogP contribution in [0.5, 0.6) is 0 Å². The molecular weight excluding hydrogens is 287 g/mol. The van der Waals surface area contributed by atoms with Crippen LogP contribution in [0, 0.1) is 0 Å². The summed E-state index contributed by atoms with van der Waals surface area (Å²) in [6, 6.07) is 5.63. The highest BCUT2D eigenvalue weighted by molar-refractivity contribution is 7.19. The van der Waals surface area contributed by atoms with Crippen LogP contribution in [0.2, 0.25) is 0 Å². The van der Waals surface area contributed by atoms with Crippen molar-refractivity contribution in [3.63, 3.8) is 0 Å². The Labute approximate surface area is 118 Å². The first-order valence-corrected chi connectivity index (χ1v) is 6.78. The van der Waals surface area contributed by atoms with E-state index in [9.17, 15) is 13.2 Å². The molecule has 108 valence electrons. The number of rotatable bonds is 1. The second kappa shape index (κ2) is 4.77. The van der Waals surface area contributed by atoms with E-state index in [4.69, 9.17) is 5.11 Å². The normalized spacial score (nSPS) is 14.0. The van der Waals surface area contributed by atoms with Crippen molar-refractivity contribution in [1.29, 1.82) is 0 Å². The van der Waals surface area contributed by atoms with Crippen LogP contribution in [-0.2, 0) is 5.41 Å². The van der Waals surface area contributed by atoms with Gasteiger partial charge in [-0.3, -0.25) is 0 Å². The third-order valence-electron chi connectivity index (χ3n) is 2.82. The first-order chi connectivity index (χ1) is 9.07. The van der Waals surface area contributed by atoms with Gasteiger partial charge in [-0.15, -0.1) is 11.3 Å². The molecule has 0 atom stereocenters. The van der Waals surface area contributed by atoms with E-state index in [-0.39, 0.29) is 10.4 Å². The van der Waals surface area contributed by atoms with Crippen molar-refractivity contribution in [3.8, 4) is 0 Å². The Balaban J connectivity index is 2.45. The quantitative estimate of drug-likeness (QED) is 0.747. The maximum atomic E-state index is 12.3. The number of aliphatic hydroxyl groups excluding tert-OH is 1. The molecule has 0 saturated heterocycles. The number of halogens is 3. The van der Waals surface area contributed by atoms with Gasteiger partial charge in [-0.1, -0.05) is 26.8 Å². The van der Waals surface area contributed by atoms with E-state index in [0.29, 0.717) is 11.6 Å². The number of fused-ring (bicyclic) bond motifs is 1. The predicted molar refractivity (Wildman–Crippen MR) is 75.0 cm³/mol. The average Bonchev–Trinajstić information content (AvgIpc) is 2.67. The first kappa shape index (κ1) is 14.8. The Bertz CT molecular complexity index is 665. The molecule has 0 aliphatic carbocycles. The molecule has 0 bridgehead atoms. The standard InChI is InChI=1S/C14H14F3NOS/c1-13(2,3)8-4-5-9-10(6-8)20-12(18-9)7-11(19)14(15,16)17/h4-7,19H,1-3H3. The van der Waals surface area contributed by atoms with E-state index in [1.54, 1.807) is 6.07 Å². The average molecular weight is 301 g/mol. The molecule has 0 spiro atoms. The van der Waals surface area contributed by atoms with Gasteiger partial charge >= 0.3 is 6.18 Å². The Hall–Kier alpha value is -1.56. The van der Waals surface area contributed by atoms with Gasteiger partial charge in [0.2, 0.25) is 5.76 Å². The minimum Gasteiger partial charge on any atom is -0.504 e. The molecule has 2 rings (SSSR count). The number of alkyl halides is 3. The van der Waals surface area contributed by atoms with Gasteiger partial charge in [-0.05, 0) is 23.1 Å². The maximum Gasteiger partial charge on any atom is 0.448 e. The lowest BCUT2D eigenvalue weighted by atomic mass is 9.87. The number of hydrogen-bond acceptors (Lipinski definition) is 3. The minimum atomic E-state index is -4.74. The molecule has 0 radical (unpaired) electrons. The third kappa shape index (κ3) is 3.12. The SMILES string of the molecule is CC(C)(C)c1ccc2nc(C=C(O)C(F)(F)F)sc2c1. The van der Waals surface area contributed by atoms with Crippen LogP contribution >= 0.6 is 11.3 Å². The molecule has 6 heteroatoms. The topological polar surface area (TPSA) is 33.1 Å². The summed E-state index contributed by atoms with van der Waals surface area (Å²) in [6.07, 6.45) is -4.09. The van der Waals surface area contributed by atoms with Crippen molar-refractivity contribution in [2.75, 3.05) is 0 Å². The summed E-state index contributed by atoms with van der Waals surface area (Å²) in [7, 11) is 0. The van der Waals surface area contributed by atoms with Gasteiger partial charge in [-0.25, -0.2) is 4.98 Å². The van der Waals surface area contributed by atoms with Crippen molar-refractivity contribution >= 4 is 27.6 Å². The van der Waals surface area contributed by atoms with Gasteiger partial charge in [-0.2, -0.15) is 13.2 Å². The summed E-state index contributed by atoms with van der Waals surface area (Å²) in [5.41, 5.74) is 1.68.